The molecule has 0 bridgehead atoms. The first-order valence-corrected chi connectivity index (χ1v) is 6.48. The van der Waals surface area contributed by atoms with Crippen LogP contribution in [0, 0.1) is 0 Å². The normalized spacial score (nSPS) is 11.7. The van der Waals surface area contributed by atoms with E-state index in [9.17, 15) is 9.59 Å². The molecule has 0 saturated heterocycles. The van der Waals surface area contributed by atoms with Crippen LogP contribution in [0.15, 0.2) is 12.7 Å². The van der Waals surface area contributed by atoms with Crippen LogP contribution in [0.3, 0.4) is 0 Å². The summed E-state index contributed by atoms with van der Waals surface area (Å²) in [6.07, 6.45) is 3.72. The first-order valence-electron chi connectivity index (χ1n) is 6.48. The summed E-state index contributed by atoms with van der Waals surface area (Å²) >= 11 is 0. The minimum Gasteiger partial charge on any atom is -0.355 e. The van der Waals surface area contributed by atoms with Crippen LogP contribution in [0.25, 0.3) is 0 Å². The summed E-state index contributed by atoms with van der Waals surface area (Å²) in [6.45, 7) is 8.76. The highest BCUT2D eigenvalue weighted by molar-refractivity contribution is 5.87. The van der Waals surface area contributed by atoms with Gasteiger partial charge in [-0.1, -0.05) is 19.9 Å². The zero-order chi connectivity index (χ0) is 14.0. The van der Waals surface area contributed by atoms with Gasteiger partial charge in [0, 0.05) is 13.1 Å². The Labute approximate surface area is 109 Å². The molecule has 0 aromatic rings. The SMILES string of the molecule is C=CCC(N)C(=O)N(CCC)CC(=O)NCCC. The highest BCUT2D eigenvalue weighted by Gasteiger charge is 2.21. The third kappa shape index (κ3) is 6.39. The van der Waals surface area contributed by atoms with Gasteiger partial charge >= 0.3 is 0 Å². The molecule has 0 heterocycles. The van der Waals surface area contributed by atoms with Gasteiger partial charge in [-0.3, -0.25) is 9.59 Å². The number of hydrogen-bond donors (Lipinski definition) is 2. The smallest absolute Gasteiger partial charge is 0.240 e. The van der Waals surface area contributed by atoms with Crippen molar-refractivity contribution in [3.05, 3.63) is 12.7 Å². The van der Waals surface area contributed by atoms with Gasteiger partial charge in [0.25, 0.3) is 0 Å². The zero-order valence-electron chi connectivity index (χ0n) is 11.4. The van der Waals surface area contributed by atoms with Gasteiger partial charge in [0.1, 0.15) is 0 Å². The molecule has 18 heavy (non-hydrogen) atoms. The summed E-state index contributed by atoms with van der Waals surface area (Å²) in [5.74, 6) is -0.326. The lowest BCUT2D eigenvalue weighted by Gasteiger charge is -2.24. The summed E-state index contributed by atoms with van der Waals surface area (Å²) in [6, 6.07) is -0.604. The average Bonchev–Trinajstić information content (AvgIpc) is 2.35. The van der Waals surface area contributed by atoms with E-state index in [-0.39, 0.29) is 18.4 Å². The van der Waals surface area contributed by atoms with Crippen LogP contribution in [0.5, 0.6) is 0 Å². The predicted molar refractivity (Wildman–Crippen MR) is 73.0 cm³/mol. The molecular formula is C13H25N3O2. The van der Waals surface area contributed by atoms with Crippen LogP contribution in [0.2, 0.25) is 0 Å². The predicted octanol–water partition coefficient (Wildman–Crippen LogP) is 0.655. The first kappa shape index (κ1) is 16.6. The van der Waals surface area contributed by atoms with Crippen molar-refractivity contribution in [1.82, 2.24) is 10.2 Å². The molecule has 0 fully saturated rings. The average molecular weight is 255 g/mol. The van der Waals surface area contributed by atoms with Crippen molar-refractivity contribution in [2.75, 3.05) is 19.6 Å². The fraction of sp³-hybridized carbons (Fsp3) is 0.692. The molecule has 3 N–H and O–H groups in total. The van der Waals surface area contributed by atoms with E-state index in [0.29, 0.717) is 19.5 Å². The molecular weight excluding hydrogens is 230 g/mol. The second-order valence-electron chi connectivity index (χ2n) is 4.24. The number of nitrogens with zero attached hydrogens (tertiary/aromatic N) is 1. The van der Waals surface area contributed by atoms with E-state index in [1.54, 1.807) is 6.08 Å². The van der Waals surface area contributed by atoms with E-state index in [2.05, 4.69) is 11.9 Å². The number of hydrogen-bond acceptors (Lipinski definition) is 3. The molecule has 0 rings (SSSR count). The second-order valence-corrected chi connectivity index (χ2v) is 4.24. The molecule has 0 spiro atoms. The highest BCUT2D eigenvalue weighted by atomic mass is 16.2. The van der Waals surface area contributed by atoms with Gasteiger partial charge in [-0.05, 0) is 19.3 Å². The van der Waals surface area contributed by atoms with E-state index in [0.717, 1.165) is 12.8 Å². The summed E-state index contributed by atoms with van der Waals surface area (Å²) in [5.41, 5.74) is 5.74. The Hall–Kier alpha value is -1.36. The molecule has 1 atom stereocenters. The lowest BCUT2D eigenvalue weighted by atomic mass is 10.2. The Morgan fingerprint density at radius 3 is 2.56 bits per heavy atom. The Kier molecular flexibility index (Phi) is 8.92. The molecule has 104 valence electrons. The molecule has 1 unspecified atom stereocenters. The number of rotatable bonds is 9. The van der Waals surface area contributed by atoms with Gasteiger partial charge in [0.05, 0.1) is 12.6 Å². The van der Waals surface area contributed by atoms with Crippen molar-refractivity contribution in [3.8, 4) is 0 Å². The van der Waals surface area contributed by atoms with E-state index < -0.39 is 6.04 Å². The van der Waals surface area contributed by atoms with Crippen LogP contribution in [0.1, 0.15) is 33.1 Å². The molecule has 0 saturated carbocycles. The number of carbonyl (C=O) groups excluding carboxylic acids is 2. The molecule has 0 aromatic heterocycles. The number of carbonyl (C=O) groups is 2. The quantitative estimate of drug-likeness (QED) is 0.594. The maximum absolute atomic E-state index is 12.0. The van der Waals surface area contributed by atoms with Crippen molar-refractivity contribution in [3.63, 3.8) is 0 Å². The third-order valence-electron chi connectivity index (χ3n) is 2.45. The molecule has 0 aromatic carbocycles. The summed E-state index contributed by atoms with van der Waals surface area (Å²) < 4.78 is 0. The van der Waals surface area contributed by atoms with E-state index in [1.165, 1.54) is 4.90 Å². The van der Waals surface area contributed by atoms with Crippen molar-refractivity contribution < 1.29 is 9.59 Å². The lowest BCUT2D eigenvalue weighted by molar-refractivity contribution is -0.137. The largest absolute Gasteiger partial charge is 0.355 e. The van der Waals surface area contributed by atoms with Crippen molar-refractivity contribution in [2.45, 2.75) is 39.2 Å². The second kappa shape index (κ2) is 9.65. The fourth-order valence-electron chi connectivity index (χ4n) is 1.55. The van der Waals surface area contributed by atoms with Gasteiger partial charge in [-0.2, -0.15) is 0 Å². The van der Waals surface area contributed by atoms with Crippen LogP contribution < -0.4 is 11.1 Å². The van der Waals surface area contributed by atoms with Crippen molar-refractivity contribution in [2.24, 2.45) is 5.73 Å². The monoisotopic (exact) mass is 255 g/mol. The molecule has 5 nitrogen and oxygen atoms in total. The van der Waals surface area contributed by atoms with Gasteiger partial charge in [-0.25, -0.2) is 0 Å². The first-order chi connectivity index (χ1) is 8.56. The fourth-order valence-corrected chi connectivity index (χ4v) is 1.55. The van der Waals surface area contributed by atoms with E-state index >= 15 is 0 Å². The standard InChI is InChI=1S/C13H25N3O2/c1-4-7-11(14)13(18)16(9-6-3)10-12(17)15-8-5-2/h4,11H,1,5-10,14H2,2-3H3,(H,15,17). The van der Waals surface area contributed by atoms with Crippen molar-refractivity contribution in [1.29, 1.82) is 0 Å². The number of nitrogens with two attached hydrogens (primary N) is 1. The van der Waals surface area contributed by atoms with Crippen LogP contribution in [-0.4, -0.2) is 42.4 Å². The molecule has 2 amide bonds. The minimum absolute atomic E-state index is 0.0809. The van der Waals surface area contributed by atoms with Gasteiger partial charge in [0.2, 0.25) is 11.8 Å². The molecule has 0 aliphatic heterocycles. The topological polar surface area (TPSA) is 75.4 Å². The zero-order valence-corrected chi connectivity index (χ0v) is 11.4. The Morgan fingerprint density at radius 1 is 1.39 bits per heavy atom. The van der Waals surface area contributed by atoms with E-state index in [4.69, 9.17) is 5.73 Å². The van der Waals surface area contributed by atoms with Gasteiger partial charge < -0.3 is 16.0 Å². The van der Waals surface area contributed by atoms with Crippen molar-refractivity contribution >= 4 is 11.8 Å². The maximum Gasteiger partial charge on any atom is 0.240 e. The Bertz CT molecular complexity index is 279. The molecule has 5 heteroatoms. The van der Waals surface area contributed by atoms with Crippen LogP contribution in [-0.2, 0) is 9.59 Å². The Morgan fingerprint density at radius 2 is 2.06 bits per heavy atom. The third-order valence-corrected chi connectivity index (χ3v) is 2.45. The molecule has 0 aliphatic carbocycles. The highest BCUT2D eigenvalue weighted by Crippen LogP contribution is 2.00. The minimum atomic E-state index is -0.604. The Balaban J connectivity index is 4.40. The maximum atomic E-state index is 12.0. The summed E-state index contributed by atoms with van der Waals surface area (Å²) in [5, 5.41) is 2.75. The van der Waals surface area contributed by atoms with Gasteiger partial charge in [-0.15, -0.1) is 6.58 Å². The van der Waals surface area contributed by atoms with Crippen LogP contribution in [0.4, 0.5) is 0 Å². The number of nitrogens with one attached hydrogen (secondary N) is 1. The summed E-state index contributed by atoms with van der Waals surface area (Å²) in [7, 11) is 0. The molecule has 0 aliphatic rings. The number of amides is 2. The van der Waals surface area contributed by atoms with Gasteiger partial charge in [0.15, 0.2) is 0 Å². The molecule has 0 radical (unpaired) electrons. The van der Waals surface area contributed by atoms with Crippen LogP contribution >= 0.6 is 0 Å². The lowest BCUT2D eigenvalue weighted by Crippen LogP contribution is -2.48. The van der Waals surface area contributed by atoms with E-state index in [1.807, 2.05) is 13.8 Å². The summed E-state index contributed by atoms with van der Waals surface area (Å²) in [4.78, 5) is 25.1.